The molecule has 0 saturated carbocycles. The standard InChI is InChI=1S/C8H9F2N3O/c9-8(10)1-2-13(5-8)7(14)6-3-11-12-4-6/h3-4H,1-2,5H2,(H,11,12). The first-order chi connectivity index (χ1) is 6.58. The molecule has 0 unspecified atom stereocenters. The lowest BCUT2D eigenvalue weighted by molar-refractivity contribution is 0.0120. The van der Waals surface area contributed by atoms with E-state index in [1.165, 1.54) is 12.4 Å². The SMILES string of the molecule is O=C(c1cn[nH]c1)N1CCC(F)(F)C1. The van der Waals surface area contributed by atoms with Crippen molar-refractivity contribution in [2.45, 2.75) is 12.3 Å². The summed E-state index contributed by atoms with van der Waals surface area (Å²) in [5, 5.41) is 6.06. The number of carbonyl (C=O) groups excluding carboxylic acids is 1. The van der Waals surface area contributed by atoms with E-state index in [1.807, 2.05) is 0 Å². The van der Waals surface area contributed by atoms with Gasteiger partial charge < -0.3 is 4.90 Å². The molecular formula is C8H9F2N3O. The first kappa shape index (κ1) is 9.11. The van der Waals surface area contributed by atoms with E-state index in [-0.39, 0.29) is 13.0 Å². The highest BCUT2D eigenvalue weighted by atomic mass is 19.3. The number of halogens is 2. The van der Waals surface area contributed by atoms with Crippen molar-refractivity contribution in [1.29, 1.82) is 0 Å². The van der Waals surface area contributed by atoms with Crippen molar-refractivity contribution >= 4 is 5.91 Å². The van der Waals surface area contributed by atoms with E-state index in [4.69, 9.17) is 0 Å². The van der Waals surface area contributed by atoms with Gasteiger partial charge in [-0.05, 0) is 0 Å². The number of hydrogen-bond acceptors (Lipinski definition) is 2. The first-order valence-electron chi connectivity index (χ1n) is 4.24. The number of nitrogens with zero attached hydrogens (tertiary/aromatic N) is 2. The Morgan fingerprint density at radius 1 is 1.64 bits per heavy atom. The Morgan fingerprint density at radius 3 is 2.93 bits per heavy atom. The fourth-order valence-corrected chi connectivity index (χ4v) is 1.46. The molecule has 0 aromatic carbocycles. The molecule has 1 N–H and O–H groups in total. The molecule has 1 aromatic rings. The molecule has 4 nitrogen and oxygen atoms in total. The lowest BCUT2D eigenvalue weighted by atomic mass is 10.3. The number of nitrogens with one attached hydrogen (secondary N) is 1. The van der Waals surface area contributed by atoms with Gasteiger partial charge in [0.2, 0.25) is 0 Å². The van der Waals surface area contributed by atoms with E-state index in [2.05, 4.69) is 10.2 Å². The van der Waals surface area contributed by atoms with Crippen molar-refractivity contribution in [2.24, 2.45) is 0 Å². The molecule has 0 aliphatic carbocycles. The van der Waals surface area contributed by atoms with Crippen LogP contribution in [-0.2, 0) is 0 Å². The van der Waals surface area contributed by atoms with Crippen LogP contribution in [0.2, 0.25) is 0 Å². The van der Waals surface area contributed by atoms with Gasteiger partial charge in [-0.3, -0.25) is 9.89 Å². The molecule has 76 valence electrons. The minimum absolute atomic E-state index is 0.108. The van der Waals surface area contributed by atoms with E-state index in [9.17, 15) is 13.6 Å². The molecule has 2 rings (SSSR count). The van der Waals surface area contributed by atoms with Gasteiger partial charge in [0.1, 0.15) is 0 Å². The monoisotopic (exact) mass is 201 g/mol. The Balaban J connectivity index is 2.08. The van der Waals surface area contributed by atoms with Gasteiger partial charge in [0.25, 0.3) is 11.8 Å². The number of aromatic amines is 1. The lowest BCUT2D eigenvalue weighted by Gasteiger charge is -2.14. The molecule has 1 aliphatic rings. The summed E-state index contributed by atoms with van der Waals surface area (Å²) < 4.78 is 25.6. The van der Waals surface area contributed by atoms with Crippen molar-refractivity contribution in [3.8, 4) is 0 Å². The molecule has 2 heterocycles. The van der Waals surface area contributed by atoms with Gasteiger partial charge in [0.05, 0.1) is 18.3 Å². The van der Waals surface area contributed by atoms with Crippen LogP contribution in [0.15, 0.2) is 12.4 Å². The third-order valence-electron chi connectivity index (χ3n) is 2.20. The highest BCUT2D eigenvalue weighted by Crippen LogP contribution is 2.27. The number of alkyl halides is 2. The molecule has 0 radical (unpaired) electrons. The van der Waals surface area contributed by atoms with Gasteiger partial charge in [0.15, 0.2) is 0 Å². The minimum Gasteiger partial charge on any atom is -0.332 e. The number of amides is 1. The Morgan fingerprint density at radius 2 is 2.43 bits per heavy atom. The van der Waals surface area contributed by atoms with Crippen LogP contribution in [0.4, 0.5) is 8.78 Å². The van der Waals surface area contributed by atoms with Crippen LogP contribution in [0.1, 0.15) is 16.8 Å². The topological polar surface area (TPSA) is 49.0 Å². The zero-order valence-electron chi connectivity index (χ0n) is 7.33. The summed E-state index contributed by atoms with van der Waals surface area (Å²) in [5.74, 6) is -3.13. The fourth-order valence-electron chi connectivity index (χ4n) is 1.46. The fraction of sp³-hybridized carbons (Fsp3) is 0.500. The molecule has 0 bridgehead atoms. The quantitative estimate of drug-likeness (QED) is 0.733. The van der Waals surface area contributed by atoms with E-state index in [0.717, 1.165) is 4.90 Å². The number of rotatable bonds is 1. The van der Waals surface area contributed by atoms with Crippen LogP contribution >= 0.6 is 0 Å². The average Bonchev–Trinajstić information content (AvgIpc) is 2.72. The summed E-state index contributed by atoms with van der Waals surface area (Å²) >= 11 is 0. The third-order valence-corrected chi connectivity index (χ3v) is 2.20. The second-order valence-corrected chi connectivity index (χ2v) is 3.32. The summed E-state index contributed by atoms with van der Waals surface area (Å²) in [7, 11) is 0. The van der Waals surface area contributed by atoms with Crippen LogP contribution in [0, 0.1) is 0 Å². The van der Waals surface area contributed by atoms with Gasteiger partial charge in [-0.1, -0.05) is 0 Å². The summed E-state index contributed by atoms with van der Waals surface area (Å²) in [6.07, 6.45) is 2.48. The number of carbonyl (C=O) groups is 1. The predicted molar refractivity (Wildman–Crippen MR) is 44.1 cm³/mol. The maximum Gasteiger partial charge on any atom is 0.267 e. The number of H-pyrrole nitrogens is 1. The molecule has 0 spiro atoms. The highest BCUT2D eigenvalue weighted by molar-refractivity contribution is 5.93. The summed E-state index contributed by atoms with van der Waals surface area (Å²) in [6, 6.07) is 0. The smallest absolute Gasteiger partial charge is 0.267 e. The molecule has 1 aliphatic heterocycles. The molecule has 6 heteroatoms. The van der Waals surface area contributed by atoms with Crippen LogP contribution in [0.5, 0.6) is 0 Å². The van der Waals surface area contributed by atoms with E-state index in [1.54, 1.807) is 0 Å². The van der Waals surface area contributed by atoms with Crippen molar-refractivity contribution in [1.82, 2.24) is 15.1 Å². The molecule has 14 heavy (non-hydrogen) atoms. The zero-order valence-corrected chi connectivity index (χ0v) is 7.33. The maximum atomic E-state index is 12.8. The number of aromatic nitrogens is 2. The molecule has 0 atom stereocenters. The second kappa shape index (κ2) is 3.04. The number of hydrogen-bond donors (Lipinski definition) is 1. The zero-order chi connectivity index (χ0) is 10.2. The number of likely N-dealkylation sites (tertiary alicyclic amines) is 1. The summed E-state index contributed by atoms with van der Waals surface area (Å²) in [5.41, 5.74) is 0.322. The molecule has 1 saturated heterocycles. The van der Waals surface area contributed by atoms with Crippen LogP contribution in [0.25, 0.3) is 0 Å². The normalized spacial score (nSPS) is 20.0. The van der Waals surface area contributed by atoms with Crippen molar-refractivity contribution in [3.05, 3.63) is 18.0 Å². The van der Waals surface area contributed by atoms with Crippen molar-refractivity contribution in [2.75, 3.05) is 13.1 Å². The van der Waals surface area contributed by atoms with E-state index in [0.29, 0.717) is 5.56 Å². The van der Waals surface area contributed by atoms with Gasteiger partial charge in [0, 0.05) is 19.2 Å². The Bertz CT molecular complexity index is 336. The van der Waals surface area contributed by atoms with E-state index >= 15 is 0 Å². The van der Waals surface area contributed by atoms with Crippen LogP contribution in [-0.4, -0.2) is 40.0 Å². The molecular weight excluding hydrogens is 192 g/mol. The third kappa shape index (κ3) is 1.59. The maximum absolute atomic E-state index is 12.8. The molecule has 1 aromatic heterocycles. The van der Waals surface area contributed by atoms with Crippen molar-refractivity contribution < 1.29 is 13.6 Å². The Hall–Kier alpha value is -1.46. The van der Waals surface area contributed by atoms with Gasteiger partial charge in [-0.2, -0.15) is 5.10 Å². The molecule has 1 fully saturated rings. The Labute approximate surface area is 78.9 Å². The second-order valence-electron chi connectivity index (χ2n) is 3.32. The van der Waals surface area contributed by atoms with Crippen LogP contribution in [0.3, 0.4) is 0 Å². The summed E-state index contributed by atoms with van der Waals surface area (Å²) in [4.78, 5) is 12.7. The lowest BCUT2D eigenvalue weighted by Crippen LogP contribution is -2.31. The van der Waals surface area contributed by atoms with Gasteiger partial charge >= 0.3 is 0 Å². The minimum atomic E-state index is -2.74. The largest absolute Gasteiger partial charge is 0.332 e. The van der Waals surface area contributed by atoms with Crippen LogP contribution < -0.4 is 0 Å². The Kier molecular flexibility index (Phi) is 1.98. The van der Waals surface area contributed by atoms with Crippen molar-refractivity contribution in [3.63, 3.8) is 0 Å². The first-order valence-corrected chi connectivity index (χ1v) is 4.24. The summed E-state index contributed by atoms with van der Waals surface area (Å²) in [6.45, 7) is -0.381. The van der Waals surface area contributed by atoms with Gasteiger partial charge in [-0.15, -0.1) is 0 Å². The highest BCUT2D eigenvalue weighted by Gasteiger charge is 2.40. The predicted octanol–water partition coefficient (Wildman–Crippen LogP) is 0.891. The average molecular weight is 201 g/mol. The van der Waals surface area contributed by atoms with E-state index < -0.39 is 18.4 Å². The van der Waals surface area contributed by atoms with Gasteiger partial charge in [-0.25, -0.2) is 8.78 Å². The molecule has 1 amide bonds.